The number of aromatic nitrogens is 1. The molecule has 0 aromatic carbocycles. The molecule has 1 heterocycles. The van der Waals surface area contributed by atoms with E-state index in [0.29, 0.717) is 5.69 Å². The highest BCUT2D eigenvalue weighted by atomic mass is 19.4. The van der Waals surface area contributed by atoms with E-state index in [-0.39, 0.29) is 17.9 Å². The Hall–Kier alpha value is -1.50. The van der Waals surface area contributed by atoms with Crippen LogP contribution in [0.15, 0.2) is 6.07 Å². The summed E-state index contributed by atoms with van der Waals surface area (Å²) in [5.41, 5.74) is 11.3. The van der Waals surface area contributed by atoms with E-state index >= 15 is 0 Å². The molecule has 0 saturated carbocycles. The van der Waals surface area contributed by atoms with Gasteiger partial charge in [-0.25, -0.2) is 0 Å². The molecule has 84 valence electrons. The van der Waals surface area contributed by atoms with Gasteiger partial charge in [0.05, 0.1) is 17.1 Å². The number of halogens is 3. The summed E-state index contributed by atoms with van der Waals surface area (Å²) in [6.45, 7) is 1.46. The fourth-order valence-electron chi connectivity index (χ4n) is 1.04. The van der Waals surface area contributed by atoms with E-state index in [1.165, 1.54) is 6.92 Å². The van der Waals surface area contributed by atoms with Crippen molar-refractivity contribution in [2.45, 2.75) is 19.8 Å². The Morgan fingerprint density at radius 3 is 2.53 bits per heavy atom. The minimum atomic E-state index is -4.75. The molecule has 0 amide bonds. The van der Waals surface area contributed by atoms with Crippen LogP contribution in [-0.4, -0.2) is 11.3 Å². The minimum absolute atomic E-state index is 0.0684. The van der Waals surface area contributed by atoms with Gasteiger partial charge >= 0.3 is 6.36 Å². The highest BCUT2D eigenvalue weighted by molar-refractivity contribution is 5.49. The van der Waals surface area contributed by atoms with Gasteiger partial charge in [-0.1, -0.05) is 0 Å². The van der Waals surface area contributed by atoms with Crippen LogP contribution >= 0.6 is 0 Å². The molecular formula is C8H10F3N3O. The van der Waals surface area contributed by atoms with E-state index < -0.39 is 12.1 Å². The number of hydrogen-bond acceptors (Lipinski definition) is 4. The van der Waals surface area contributed by atoms with Crippen LogP contribution in [0.4, 0.5) is 18.9 Å². The lowest BCUT2D eigenvalue weighted by molar-refractivity contribution is -0.274. The Kier molecular flexibility index (Phi) is 3.04. The summed E-state index contributed by atoms with van der Waals surface area (Å²) in [5.74, 6) is -0.405. The van der Waals surface area contributed by atoms with Gasteiger partial charge in [-0.05, 0) is 6.92 Å². The molecule has 7 heteroatoms. The van der Waals surface area contributed by atoms with Crippen LogP contribution in [0, 0.1) is 6.92 Å². The van der Waals surface area contributed by atoms with Crippen molar-refractivity contribution in [3.05, 3.63) is 17.5 Å². The van der Waals surface area contributed by atoms with Crippen LogP contribution in [0.3, 0.4) is 0 Å². The summed E-state index contributed by atoms with van der Waals surface area (Å²) < 4.78 is 39.5. The molecule has 0 fully saturated rings. The fraction of sp³-hybridized carbons (Fsp3) is 0.375. The topological polar surface area (TPSA) is 74.2 Å². The lowest BCUT2D eigenvalue weighted by atomic mass is 10.2. The maximum Gasteiger partial charge on any atom is 0.573 e. The van der Waals surface area contributed by atoms with Crippen molar-refractivity contribution in [2.24, 2.45) is 5.73 Å². The molecule has 1 aromatic rings. The third-order valence-corrected chi connectivity index (χ3v) is 1.70. The smallest absolute Gasteiger partial charge is 0.404 e. The van der Waals surface area contributed by atoms with Crippen LogP contribution in [0.1, 0.15) is 11.4 Å². The number of hydrogen-bond donors (Lipinski definition) is 2. The summed E-state index contributed by atoms with van der Waals surface area (Å²) >= 11 is 0. The first-order chi connectivity index (χ1) is 6.83. The normalized spacial score (nSPS) is 11.5. The molecule has 0 atom stereocenters. The second kappa shape index (κ2) is 3.93. The van der Waals surface area contributed by atoms with Crippen LogP contribution < -0.4 is 16.2 Å². The first-order valence-corrected chi connectivity index (χ1v) is 4.05. The fourth-order valence-corrected chi connectivity index (χ4v) is 1.04. The average molecular weight is 221 g/mol. The molecule has 1 rings (SSSR count). The lowest BCUT2D eigenvalue weighted by Gasteiger charge is -2.12. The third-order valence-electron chi connectivity index (χ3n) is 1.70. The van der Waals surface area contributed by atoms with Crippen molar-refractivity contribution in [2.75, 3.05) is 5.73 Å². The zero-order valence-corrected chi connectivity index (χ0v) is 7.93. The number of aryl methyl sites for hydroxylation is 1. The van der Waals surface area contributed by atoms with Crippen molar-refractivity contribution >= 4 is 5.69 Å². The monoisotopic (exact) mass is 221 g/mol. The van der Waals surface area contributed by atoms with Gasteiger partial charge in [0.15, 0.2) is 5.75 Å². The van der Waals surface area contributed by atoms with E-state index in [4.69, 9.17) is 11.5 Å². The Labute approximate surface area is 84.0 Å². The summed E-state index contributed by atoms with van der Waals surface area (Å²) in [5, 5.41) is 0. The molecule has 4 nitrogen and oxygen atoms in total. The largest absolute Gasteiger partial charge is 0.573 e. The van der Waals surface area contributed by atoms with E-state index in [9.17, 15) is 13.2 Å². The average Bonchev–Trinajstić information content (AvgIpc) is 2.08. The first-order valence-electron chi connectivity index (χ1n) is 4.05. The van der Waals surface area contributed by atoms with Crippen molar-refractivity contribution in [3.8, 4) is 5.75 Å². The number of pyridine rings is 1. The summed E-state index contributed by atoms with van der Waals surface area (Å²) in [7, 11) is 0. The van der Waals surface area contributed by atoms with Crippen molar-refractivity contribution in [1.29, 1.82) is 0 Å². The highest BCUT2D eigenvalue weighted by Crippen LogP contribution is 2.27. The number of nitrogen functional groups attached to an aromatic ring is 1. The van der Waals surface area contributed by atoms with E-state index in [2.05, 4.69) is 9.72 Å². The second-order valence-electron chi connectivity index (χ2n) is 2.86. The van der Waals surface area contributed by atoms with Crippen LogP contribution in [0.5, 0.6) is 5.75 Å². The standard InChI is InChI=1S/C8H10F3N3O/c1-4-7(15-8(9,10)11)2-5(13)6(3-12)14-4/h2H,3,12-13H2,1H3. The summed E-state index contributed by atoms with van der Waals surface area (Å²) in [6, 6.07) is 1.07. The van der Waals surface area contributed by atoms with Crippen molar-refractivity contribution < 1.29 is 17.9 Å². The van der Waals surface area contributed by atoms with E-state index in [1.807, 2.05) is 0 Å². The SMILES string of the molecule is Cc1nc(CN)c(N)cc1OC(F)(F)F. The van der Waals surface area contributed by atoms with Crippen LogP contribution in [0.2, 0.25) is 0 Å². The highest BCUT2D eigenvalue weighted by Gasteiger charge is 2.32. The van der Waals surface area contributed by atoms with E-state index in [1.54, 1.807) is 0 Å². The molecular weight excluding hydrogens is 211 g/mol. The van der Waals surface area contributed by atoms with Crippen molar-refractivity contribution in [1.82, 2.24) is 4.98 Å². The number of alkyl halides is 3. The molecule has 0 radical (unpaired) electrons. The molecule has 0 aliphatic rings. The second-order valence-corrected chi connectivity index (χ2v) is 2.86. The third kappa shape index (κ3) is 2.98. The van der Waals surface area contributed by atoms with Gasteiger partial charge in [0.25, 0.3) is 0 Å². The zero-order valence-electron chi connectivity index (χ0n) is 7.93. The van der Waals surface area contributed by atoms with Gasteiger partial charge in [0, 0.05) is 12.6 Å². The lowest BCUT2D eigenvalue weighted by Crippen LogP contribution is -2.19. The Morgan fingerprint density at radius 1 is 1.47 bits per heavy atom. The Morgan fingerprint density at radius 2 is 2.07 bits per heavy atom. The van der Waals surface area contributed by atoms with Gasteiger partial charge in [0.1, 0.15) is 0 Å². The molecule has 0 saturated heterocycles. The number of rotatable bonds is 2. The maximum atomic E-state index is 11.9. The Bertz CT molecular complexity index is 365. The molecule has 0 aliphatic heterocycles. The van der Waals surface area contributed by atoms with E-state index in [0.717, 1.165) is 6.07 Å². The van der Waals surface area contributed by atoms with Gasteiger partial charge in [0.2, 0.25) is 0 Å². The maximum absolute atomic E-state index is 11.9. The number of anilines is 1. The predicted molar refractivity (Wildman–Crippen MR) is 48.0 cm³/mol. The van der Waals surface area contributed by atoms with Gasteiger partial charge in [-0.15, -0.1) is 13.2 Å². The minimum Gasteiger partial charge on any atom is -0.404 e. The molecule has 0 spiro atoms. The Balaban J connectivity index is 3.05. The molecule has 0 aliphatic carbocycles. The molecule has 15 heavy (non-hydrogen) atoms. The van der Waals surface area contributed by atoms with Gasteiger partial charge in [-0.3, -0.25) is 4.98 Å². The predicted octanol–water partition coefficient (Wildman–Crippen LogP) is 1.33. The number of nitrogens with two attached hydrogens (primary N) is 2. The van der Waals surface area contributed by atoms with Crippen LogP contribution in [-0.2, 0) is 6.54 Å². The van der Waals surface area contributed by atoms with Crippen LogP contribution in [0.25, 0.3) is 0 Å². The van der Waals surface area contributed by atoms with Gasteiger partial charge < -0.3 is 16.2 Å². The quantitative estimate of drug-likeness (QED) is 0.790. The molecule has 4 N–H and O–H groups in total. The molecule has 0 bridgehead atoms. The summed E-state index contributed by atoms with van der Waals surface area (Å²) in [4.78, 5) is 3.80. The molecule has 0 unspecified atom stereocenters. The summed E-state index contributed by atoms with van der Waals surface area (Å²) in [6.07, 6.45) is -4.75. The number of nitrogens with zero attached hydrogens (tertiary/aromatic N) is 1. The van der Waals surface area contributed by atoms with Crippen molar-refractivity contribution in [3.63, 3.8) is 0 Å². The molecule has 1 aromatic heterocycles. The van der Waals surface area contributed by atoms with Gasteiger partial charge in [-0.2, -0.15) is 0 Å². The zero-order chi connectivity index (χ0) is 11.6. The first kappa shape index (κ1) is 11.6. The number of ether oxygens (including phenoxy) is 1.